The van der Waals surface area contributed by atoms with Crippen molar-refractivity contribution in [3.8, 4) is 5.82 Å². The van der Waals surface area contributed by atoms with Crippen LogP contribution in [-0.4, -0.2) is 36.2 Å². The Morgan fingerprint density at radius 2 is 2.14 bits per heavy atom. The molecule has 29 heavy (non-hydrogen) atoms. The van der Waals surface area contributed by atoms with Crippen molar-refractivity contribution < 1.29 is 9.21 Å². The summed E-state index contributed by atoms with van der Waals surface area (Å²) in [6.45, 7) is 3.93. The van der Waals surface area contributed by atoms with Gasteiger partial charge in [0, 0.05) is 11.7 Å². The molecule has 4 aromatic heterocycles. The number of nitrogens with one attached hydrogen (secondary N) is 2. The second kappa shape index (κ2) is 6.40. The molecule has 0 radical (unpaired) electrons. The maximum atomic E-state index is 12.9. The molecule has 0 bridgehead atoms. The molecule has 1 aliphatic rings. The topological polar surface area (TPSA) is 111 Å². The third-order valence-electron chi connectivity index (χ3n) is 4.93. The van der Waals surface area contributed by atoms with Crippen molar-refractivity contribution >= 4 is 28.5 Å². The van der Waals surface area contributed by atoms with E-state index in [4.69, 9.17) is 4.42 Å². The van der Waals surface area contributed by atoms with Gasteiger partial charge in [0.15, 0.2) is 5.82 Å². The largest absolute Gasteiger partial charge is 0.445 e. The lowest BCUT2D eigenvalue weighted by Gasteiger charge is -2.13. The summed E-state index contributed by atoms with van der Waals surface area (Å²) in [6.07, 6.45) is 8.49. The number of hydrogen-bond donors (Lipinski definition) is 2. The lowest BCUT2D eigenvalue weighted by molar-refractivity contribution is 0.102. The number of rotatable bonds is 5. The number of anilines is 2. The summed E-state index contributed by atoms with van der Waals surface area (Å²) in [5.74, 6) is 1.55. The lowest BCUT2D eigenvalue weighted by Crippen LogP contribution is -2.18. The molecule has 1 aliphatic carbocycles. The highest BCUT2D eigenvalue weighted by atomic mass is 16.3. The van der Waals surface area contributed by atoms with E-state index in [-0.39, 0.29) is 11.4 Å². The molecule has 9 nitrogen and oxygen atoms in total. The Bertz CT molecular complexity index is 1210. The van der Waals surface area contributed by atoms with E-state index in [9.17, 15) is 4.79 Å². The van der Waals surface area contributed by atoms with Crippen molar-refractivity contribution in [3.05, 3.63) is 54.4 Å². The van der Waals surface area contributed by atoms with Crippen LogP contribution in [0.2, 0.25) is 0 Å². The van der Waals surface area contributed by atoms with Crippen molar-refractivity contribution in [1.82, 2.24) is 24.7 Å². The zero-order valence-corrected chi connectivity index (χ0v) is 16.0. The van der Waals surface area contributed by atoms with Gasteiger partial charge in [-0.05, 0) is 38.8 Å². The zero-order chi connectivity index (χ0) is 20.0. The van der Waals surface area contributed by atoms with E-state index in [1.165, 1.54) is 6.26 Å². The Balaban J connectivity index is 1.45. The van der Waals surface area contributed by atoms with Gasteiger partial charge in [0.25, 0.3) is 5.91 Å². The van der Waals surface area contributed by atoms with E-state index in [0.29, 0.717) is 39.8 Å². The molecule has 2 N–H and O–H groups in total. The molecule has 0 spiro atoms. The fourth-order valence-corrected chi connectivity index (χ4v) is 3.10. The first-order valence-electron chi connectivity index (χ1n) is 9.32. The van der Waals surface area contributed by atoms with Gasteiger partial charge >= 0.3 is 0 Å². The maximum Gasteiger partial charge on any atom is 0.259 e. The highest BCUT2D eigenvalue weighted by Crippen LogP contribution is 2.40. The smallest absolute Gasteiger partial charge is 0.259 e. The van der Waals surface area contributed by atoms with Crippen LogP contribution in [0.1, 0.15) is 35.9 Å². The molecule has 1 fully saturated rings. The molecule has 1 saturated carbocycles. The monoisotopic (exact) mass is 389 g/mol. The van der Waals surface area contributed by atoms with Crippen LogP contribution in [0.3, 0.4) is 0 Å². The van der Waals surface area contributed by atoms with Crippen LogP contribution in [0, 0.1) is 6.92 Å². The van der Waals surface area contributed by atoms with Crippen LogP contribution in [0.15, 0.2) is 47.5 Å². The quantitative estimate of drug-likeness (QED) is 0.538. The predicted molar refractivity (Wildman–Crippen MR) is 107 cm³/mol. The van der Waals surface area contributed by atoms with E-state index in [0.717, 1.165) is 12.8 Å². The van der Waals surface area contributed by atoms with E-state index >= 15 is 0 Å². The molecule has 0 unspecified atom stereocenters. The summed E-state index contributed by atoms with van der Waals surface area (Å²) < 4.78 is 7.15. The summed E-state index contributed by atoms with van der Waals surface area (Å²) in [7, 11) is 0. The van der Waals surface area contributed by atoms with Crippen LogP contribution in [0.25, 0.3) is 16.9 Å². The molecule has 0 aromatic carbocycles. The SMILES string of the molecule is Cc1nc(NC2(C)CC2)c2c(C(=O)Nc3cnn(-c4ccccn4)c3)coc2n1. The molecule has 5 rings (SSSR count). The number of carbonyl (C=O) groups excluding carboxylic acids is 1. The Kier molecular flexibility index (Phi) is 3.83. The maximum absolute atomic E-state index is 12.9. The van der Waals surface area contributed by atoms with Crippen LogP contribution in [-0.2, 0) is 0 Å². The van der Waals surface area contributed by atoms with Gasteiger partial charge in [-0.2, -0.15) is 10.1 Å². The summed E-state index contributed by atoms with van der Waals surface area (Å²) >= 11 is 0. The number of furan rings is 1. The average Bonchev–Trinajstić information content (AvgIpc) is 3.09. The minimum atomic E-state index is -0.319. The zero-order valence-electron chi connectivity index (χ0n) is 16.0. The first kappa shape index (κ1) is 17.4. The minimum absolute atomic E-state index is 0.00254. The van der Waals surface area contributed by atoms with Gasteiger partial charge < -0.3 is 15.1 Å². The highest BCUT2D eigenvalue weighted by Gasteiger charge is 2.38. The molecular formula is C20H19N7O2. The number of amides is 1. The standard InChI is InChI=1S/C20H19N7O2/c1-12-23-17(26-20(2)6-7-20)16-14(11-29-19(16)24-12)18(28)25-13-9-22-27(10-13)15-5-3-4-8-21-15/h3-5,8-11H,6-7H2,1-2H3,(H,25,28)(H,23,24,26). The number of pyridine rings is 1. The van der Waals surface area contributed by atoms with Gasteiger partial charge in [0.1, 0.15) is 17.9 Å². The van der Waals surface area contributed by atoms with Crippen molar-refractivity contribution in [2.24, 2.45) is 0 Å². The molecule has 0 atom stereocenters. The van der Waals surface area contributed by atoms with E-state index in [1.807, 2.05) is 18.2 Å². The Morgan fingerprint density at radius 1 is 1.28 bits per heavy atom. The summed E-state index contributed by atoms with van der Waals surface area (Å²) in [6, 6.07) is 5.53. The second-order valence-corrected chi connectivity index (χ2v) is 7.45. The minimum Gasteiger partial charge on any atom is -0.445 e. The third kappa shape index (κ3) is 3.31. The molecule has 146 valence electrons. The summed E-state index contributed by atoms with van der Waals surface area (Å²) in [5, 5.41) is 11.1. The molecule has 0 saturated heterocycles. The van der Waals surface area contributed by atoms with Crippen molar-refractivity contribution in [3.63, 3.8) is 0 Å². The van der Waals surface area contributed by atoms with E-state index in [2.05, 4.69) is 37.6 Å². The Morgan fingerprint density at radius 3 is 2.90 bits per heavy atom. The average molecular weight is 389 g/mol. The third-order valence-corrected chi connectivity index (χ3v) is 4.93. The lowest BCUT2D eigenvalue weighted by atomic mass is 10.2. The number of nitrogens with zero attached hydrogens (tertiary/aromatic N) is 5. The first-order valence-corrected chi connectivity index (χ1v) is 9.32. The van der Waals surface area contributed by atoms with Crippen LogP contribution in [0.4, 0.5) is 11.5 Å². The second-order valence-electron chi connectivity index (χ2n) is 7.45. The van der Waals surface area contributed by atoms with Crippen LogP contribution in [0.5, 0.6) is 0 Å². The normalized spacial score (nSPS) is 14.7. The number of carbonyl (C=O) groups is 1. The van der Waals surface area contributed by atoms with Gasteiger partial charge in [-0.1, -0.05) is 6.07 Å². The predicted octanol–water partition coefficient (Wildman–Crippen LogP) is 3.33. The first-order chi connectivity index (χ1) is 14.0. The van der Waals surface area contributed by atoms with Gasteiger partial charge in [-0.15, -0.1) is 0 Å². The fourth-order valence-electron chi connectivity index (χ4n) is 3.10. The van der Waals surface area contributed by atoms with Crippen molar-refractivity contribution in [2.75, 3.05) is 10.6 Å². The van der Waals surface area contributed by atoms with E-state index < -0.39 is 0 Å². The Hall–Kier alpha value is -3.75. The van der Waals surface area contributed by atoms with Crippen molar-refractivity contribution in [1.29, 1.82) is 0 Å². The molecule has 1 amide bonds. The highest BCUT2D eigenvalue weighted by molar-refractivity contribution is 6.14. The number of hydrogen-bond acceptors (Lipinski definition) is 7. The Labute approximate surface area is 166 Å². The van der Waals surface area contributed by atoms with Crippen LogP contribution >= 0.6 is 0 Å². The molecule has 4 aromatic rings. The number of fused-ring (bicyclic) bond motifs is 1. The van der Waals surface area contributed by atoms with Gasteiger partial charge in [-0.3, -0.25) is 4.79 Å². The van der Waals surface area contributed by atoms with E-state index in [1.54, 1.807) is 30.2 Å². The van der Waals surface area contributed by atoms with Crippen molar-refractivity contribution in [2.45, 2.75) is 32.2 Å². The molecular weight excluding hydrogens is 370 g/mol. The fraction of sp³-hybridized carbons (Fsp3) is 0.250. The van der Waals surface area contributed by atoms with Gasteiger partial charge in [-0.25, -0.2) is 14.6 Å². The van der Waals surface area contributed by atoms with Crippen LogP contribution < -0.4 is 10.6 Å². The molecule has 4 heterocycles. The number of aryl methyl sites for hydroxylation is 1. The molecule has 0 aliphatic heterocycles. The van der Waals surface area contributed by atoms with Gasteiger partial charge in [0.05, 0.1) is 29.0 Å². The summed E-state index contributed by atoms with van der Waals surface area (Å²) in [4.78, 5) is 26.0. The summed E-state index contributed by atoms with van der Waals surface area (Å²) in [5.41, 5.74) is 1.31. The number of aromatic nitrogens is 5. The van der Waals surface area contributed by atoms with Gasteiger partial charge in [0.2, 0.25) is 5.71 Å². The molecule has 9 heteroatoms.